The number of ether oxygens (including phenoxy) is 1. The molecule has 138 valence electrons. The van der Waals surface area contributed by atoms with Gasteiger partial charge in [-0.25, -0.2) is 4.98 Å². The van der Waals surface area contributed by atoms with Crippen LogP contribution >= 0.6 is 0 Å². The summed E-state index contributed by atoms with van der Waals surface area (Å²) in [6.07, 6.45) is 3.57. The van der Waals surface area contributed by atoms with E-state index in [4.69, 9.17) is 4.74 Å². The van der Waals surface area contributed by atoms with Gasteiger partial charge in [0.2, 0.25) is 5.95 Å². The summed E-state index contributed by atoms with van der Waals surface area (Å²) in [4.78, 5) is 21.5. The lowest BCUT2D eigenvalue weighted by Crippen LogP contribution is -2.07. The van der Waals surface area contributed by atoms with Crippen molar-refractivity contribution in [2.75, 3.05) is 31.4 Å². The van der Waals surface area contributed by atoms with Crippen LogP contribution in [0, 0.1) is 6.92 Å². The van der Waals surface area contributed by atoms with Crippen LogP contribution in [0.3, 0.4) is 0 Å². The van der Waals surface area contributed by atoms with E-state index in [-0.39, 0.29) is 5.78 Å². The average molecular weight is 354 g/mol. The maximum atomic E-state index is 12.7. The second-order valence-corrected chi connectivity index (χ2v) is 6.69. The number of anilines is 3. The molecule has 1 heterocycles. The van der Waals surface area contributed by atoms with Gasteiger partial charge in [0.1, 0.15) is 5.82 Å². The predicted octanol–water partition coefficient (Wildman–Crippen LogP) is 4.06. The Balaban J connectivity index is 1.83. The Morgan fingerprint density at radius 2 is 2.08 bits per heavy atom. The summed E-state index contributed by atoms with van der Waals surface area (Å²) < 4.78 is 5.07. The van der Waals surface area contributed by atoms with Crippen LogP contribution in [0.25, 0.3) is 0 Å². The molecule has 0 spiro atoms. The molecule has 1 aromatic carbocycles. The van der Waals surface area contributed by atoms with E-state index in [2.05, 4.69) is 26.7 Å². The van der Waals surface area contributed by atoms with E-state index in [9.17, 15) is 4.79 Å². The number of carbonyl (C=O) groups is 1. The zero-order valence-electron chi connectivity index (χ0n) is 15.6. The van der Waals surface area contributed by atoms with Crippen LogP contribution < -0.4 is 10.6 Å². The second kappa shape index (κ2) is 8.27. The van der Waals surface area contributed by atoms with Crippen LogP contribution in [0.4, 0.5) is 17.5 Å². The quantitative estimate of drug-likeness (QED) is 0.522. The molecule has 0 atom stereocenters. The van der Waals surface area contributed by atoms with Crippen molar-refractivity contribution in [2.24, 2.45) is 0 Å². The van der Waals surface area contributed by atoms with Gasteiger partial charge in [0.25, 0.3) is 0 Å². The molecule has 0 amide bonds. The van der Waals surface area contributed by atoms with Gasteiger partial charge >= 0.3 is 0 Å². The molecule has 1 aliphatic carbocycles. The van der Waals surface area contributed by atoms with Gasteiger partial charge in [0.05, 0.1) is 0 Å². The zero-order chi connectivity index (χ0) is 18.5. The SMILES string of the molecule is CNc1cc(C)nc(Nc2ccc(C3CC3)c(C(=O)CCCOC)c2)n1. The van der Waals surface area contributed by atoms with Gasteiger partial charge < -0.3 is 15.4 Å². The number of rotatable bonds is 9. The fourth-order valence-electron chi connectivity index (χ4n) is 3.02. The van der Waals surface area contributed by atoms with E-state index >= 15 is 0 Å². The second-order valence-electron chi connectivity index (χ2n) is 6.69. The van der Waals surface area contributed by atoms with E-state index in [0.29, 0.717) is 24.9 Å². The van der Waals surface area contributed by atoms with Crippen LogP contribution in [0.1, 0.15) is 53.2 Å². The molecule has 0 unspecified atom stereocenters. The molecule has 6 heteroatoms. The molecule has 26 heavy (non-hydrogen) atoms. The number of hydrogen-bond donors (Lipinski definition) is 2. The maximum absolute atomic E-state index is 12.7. The number of methoxy groups -OCH3 is 1. The Kier molecular flexibility index (Phi) is 5.83. The topological polar surface area (TPSA) is 76.1 Å². The summed E-state index contributed by atoms with van der Waals surface area (Å²) in [6.45, 7) is 2.53. The van der Waals surface area contributed by atoms with Crippen molar-refractivity contribution in [1.29, 1.82) is 0 Å². The summed E-state index contributed by atoms with van der Waals surface area (Å²) in [7, 11) is 3.48. The molecule has 1 saturated carbocycles. The highest BCUT2D eigenvalue weighted by atomic mass is 16.5. The first-order valence-electron chi connectivity index (χ1n) is 9.07. The van der Waals surface area contributed by atoms with Gasteiger partial charge in [-0.3, -0.25) is 4.79 Å². The van der Waals surface area contributed by atoms with E-state index in [1.165, 1.54) is 5.56 Å². The van der Waals surface area contributed by atoms with Gasteiger partial charge in [-0.05, 0) is 49.8 Å². The first kappa shape index (κ1) is 18.3. The monoisotopic (exact) mass is 354 g/mol. The fourth-order valence-corrected chi connectivity index (χ4v) is 3.02. The van der Waals surface area contributed by atoms with Crippen molar-refractivity contribution in [2.45, 2.75) is 38.5 Å². The molecule has 0 aliphatic heterocycles. The number of benzene rings is 1. The Morgan fingerprint density at radius 1 is 1.27 bits per heavy atom. The fraction of sp³-hybridized carbons (Fsp3) is 0.450. The molecule has 6 nitrogen and oxygen atoms in total. The first-order valence-corrected chi connectivity index (χ1v) is 9.07. The molecule has 1 aromatic heterocycles. The molecule has 2 aromatic rings. The van der Waals surface area contributed by atoms with Crippen molar-refractivity contribution >= 4 is 23.2 Å². The Hall–Kier alpha value is -2.47. The smallest absolute Gasteiger partial charge is 0.229 e. The number of Topliss-reactive ketones (excluding diaryl/α,β-unsaturated/α-hetero) is 1. The molecule has 1 fully saturated rings. The van der Waals surface area contributed by atoms with Gasteiger partial charge in [-0.2, -0.15) is 4.98 Å². The van der Waals surface area contributed by atoms with E-state index < -0.39 is 0 Å². The van der Waals surface area contributed by atoms with E-state index in [1.807, 2.05) is 32.2 Å². The van der Waals surface area contributed by atoms with E-state index in [1.54, 1.807) is 7.11 Å². The van der Waals surface area contributed by atoms with Crippen LogP contribution in [0.5, 0.6) is 0 Å². The Labute approximate surface area is 154 Å². The molecule has 0 bridgehead atoms. The van der Waals surface area contributed by atoms with Crippen LogP contribution in [-0.4, -0.2) is 36.5 Å². The van der Waals surface area contributed by atoms with Gasteiger partial charge in [-0.1, -0.05) is 6.07 Å². The highest BCUT2D eigenvalue weighted by molar-refractivity contribution is 5.98. The number of hydrogen-bond acceptors (Lipinski definition) is 6. The van der Waals surface area contributed by atoms with Crippen LogP contribution in [0.2, 0.25) is 0 Å². The maximum Gasteiger partial charge on any atom is 0.229 e. The Morgan fingerprint density at radius 3 is 2.77 bits per heavy atom. The summed E-state index contributed by atoms with van der Waals surface area (Å²) in [5.74, 6) is 1.97. The largest absolute Gasteiger partial charge is 0.385 e. The Bertz CT molecular complexity index is 787. The predicted molar refractivity (Wildman–Crippen MR) is 103 cm³/mol. The van der Waals surface area contributed by atoms with Crippen LogP contribution in [0.15, 0.2) is 24.3 Å². The van der Waals surface area contributed by atoms with Crippen molar-refractivity contribution in [3.63, 3.8) is 0 Å². The molecule has 3 rings (SSSR count). The normalized spacial score (nSPS) is 13.5. The highest BCUT2D eigenvalue weighted by Crippen LogP contribution is 2.42. The molecular weight excluding hydrogens is 328 g/mol. The minimum Gasteiger partial charge on any atom is -0.385 e. The lowest BCUT2D eigenvalue weighted by atomic mass is 9.97. The summed E-state index contributed by atoms with van der Waals surface area (Å²) >= 11 is 0. The van der Waals surface area contributed by atoms with Gasteiger partial charge in [0.15, 0.2) is 5.78 Å². The number of nitrogens with one attached hydrogen (secondary N) is 2. The summed E-state index contributed by atoms with van der Waals surface area (Å²) in [5.41, 5.74) is 3.68. The minimum absolute atomic E-state index is 0.175. The molecular formula is C20H26N4O2. The minimum atomic E-state index is 0.175. The molecule has 2 N–H and O–H groups in total. The molecule has 1 aliphatic rings. The molecule has 0 saturated heterocycles. The molecule has 0 radical (unpaired) electrons. The highest BCUT2D eigenvalue weighted by Gasteiger charge is 2.28. The lowest BCUT2D eigenvalue weighted by molar-refractivity contribution is 0.0962. The third-order valence-electron chi connectivity index (χ3n) is 4.49. The number of ketones is 1. The third-order valence-corrected chi connectivity index (χ3v) is 4.49. The van der Waals surface area contributed by atoms with Gasteiger partial charge in [0, 0.05) is 50.2 Å². The first-order chi connectivity index (χ1) is 12.6. The standard InChI is InChI=1S/C20H26N4O2/c1-13-11-19(21-2)24-20(22-13)23-15-8-9-16(14-6-7-14)17(12-15)18(25)5-4-10-26-3/h8-9,11-12,14H,4-7,10H2,1-3H3,(H2,21,22,23,24). The third kappa shape index (κ3) is 4.58. The average Bonchev–Trinajstić information content (AvgIpc) is 3.46. The van der Waals surface area contributed by atoms with Crippen molar-refractivity contribution in [1.82, 2.24) is 9.97 Å². The number of aryl methyl sites for hydroxylation is 1. The number of nitrogens with zero attached hydrogens (tertiary/aromatic N) is 2. The number of aromatic nitrogens is 2. The number of carbonyl (C=O) groups excluding carboxylic acids is 1. The lowest BCUT2D eigenvalue weighted by Gasteiger charge is -2.12. The van der Waals surface area contributed by atoms with Crippen molar-refractivity contribution < 1.29 is 9.53 Å². The zero-order valence-corrected chi connectivity index (χ0v) is 15.6. The van der Waals surface area contributed by atoms with Gasteiger partial charge in [-0.15, -0.1) is 0 Å². The van der Waals surface area contributed by atoms with Crippen LogP contribution in [-0.2, 0) is 4.74 Å². The summed E-state index contributed by atoms with van der Waals surface area (Å²) in [5, 5.41) is 6.26. The van der Waals surface area contributed by atoms with Crippen molar-refractivity contribution in [3.05, 3.63) is 41.1 Å². The summed E-state index contributed by atoms with van der Waals surface area (Å²) in [6, 6.07) is 7.89. The van der Waals surface area contributed by atoms with E-state index in [0.717, 1.165) is 42.0 Å². The van der Waals surface area contributed by atoms with Crippen molar-refractivity contribution in [3.8, 4) is 0 Å².